The lowest BCUT2D eigenvalue weighted by Crippen LogP contribution is -2.27. The fourth-order valence-electron chi connectivity index (χ4n) is 2.72. The normalized spacial score (nSPS) is 16.4. The Morgan fingerprint density at radius 2 is 2.00 bits per heavy atom. The summed E-state index contributed by atoms with van der Waals surface area (Å²) in [6, 6.07) is 5.98. The lowest BCUT2D eigenvalue weighted by atomic mass is 9.84. The predicted octanol–water partition coefficient (Wildman–Crippen LogP) is 3.97. The van der Waals surface area contributed by atoms with E-state index in [1.165, 1.54) is 12.8 Å². The first-order valence-electron chi connectivity index (χ1n) is 7.39. The third-order valence-electron chi connectivity index (χ3n) is 4.16. The summed E-state index contributed by atoms with van der Waals surface area (Å²) in [5, 5.41) is 9.33. The monoisotopic (exact) mass is 276 g/mol. The molecule has 0 radical (unpaired) electrons. The zero-order chi connectivity index (χ0) is 14.8. The summed E-state index contributed by atoms with van der Waals surface area (Å²) in [4.78, 5) is 11.4. The first kappa shape index (κ1) is 14.9. The standard InChI is InChI=1S/C17H24O3/c1-12-7-6-10-15(20-13-8-4-5-9-13)14(12)11-17(2,3)16(18)19/h6-7,10,13H,4-5,8-9,11H2,1-3H3,(H,18,19). The Morgan fingerprint density at radius 1 is 1.35 bits per heavy atom. The highest BCUT2D eigenvalue weighted by Crippen LogP contribution is 2.33. The Bertz CT molecular complexity index is 485. The van der Waals surface area contributed by atoms with Crippen molar-refractivity contribution in [1.82, 2.24) is 0 Å². The molecule has 0 heterocycles. The van der Waals surface area contributed by atoms with Crippen molar-refractivity contribution in [2.45, 2.75) is 59.0 Å². The smallest absolute Gasteiger partial charge is 0.309 e. The summed E-state index contributed by atoms with van der Waals surface area (Å²) in [5.74, 6) is 0.0961. The van der Waals surface area contributed by atoms with Gasteiger partial charge in [-0.15, -0.1) is 0 Å². The number of carboxylic acid groups (broad SMARTS) is 1. The van der Waals surface area contributed by atoms with Gasteiger partial charge in [-0.3, -0.25) is 4.79 Å². The molecule has 0 aliphatic heterocycles. The molecule has 0 aromatic heterocycles. The first-order valence-corrected chi connectivity index (χ1v) is 7.39. The molecule has 0 unspecified atom stereocenters. The fourth-order valence-corrected chi connectivity index (χ4v) is 2.72. The van der Waals surface area contributed by atoms with Gasteiger partial charge in [0, 0.05) is 0 Å². The van der Waals surface area contributed by atoms with Crippen LogP contribution in [0.3, 0.4) is 0 Å². The van der Waals surface area contributed by atoms with E-state index in [9.17, 15) is 9.90 Å². The fraction of sp³-hybridized carbons (Fsp3) is 0.588. The Balaban J connectivity index is 2.24. The zero-order valence-corrected chi connectivity index (χ0v) is 12.6. The number of carboxylic acids is 1. The summed E-state index contributed by atoms with van der Waals surface area (Å²) in [5.41, 5.74) is 1.36. The van der Waals surface area contributed by atoms with Crippen molar-refractivity contribution < 1.29 is 14.6 Å². The molecule has 1 aliphatic rings. The van der Waals surface area contributed by atoms with Crippen molar-refractivity contribution in [3.8, 4) is 5.75 Å². The molecule has 0 saturated heterocycles. The van der Waals surface area contributed by atoms with E-state index in [-0.39, 0.29) is 0 Å². The second-order valence-corrected chi connectivity index (χ2v) is 6.44. The van der Waals surface area contributed by atoms with E-state index >= 15 is 0 Å². The van der Waals surface area contributed by atoms with Crippen LogP contribution in [0.15, 0.2) is 18.2 Å². The van der Waals surface area contributed by atoms with Crippen LogP contribution in [0.4, 0.5) is 0 Å². The van der Waals surface area contributed by atoms with Crippen LogP contribution in [-0.4, -0.2) is 17.2 Å². The molecule has 1 N–H and O–H groups in total. The minimum Gasteiger partial charge on any atom is -0.490 e. The molecule has 3 heteroatoms. The van der Waals surface area contributed by atoms with Crippen LogP contribution in [0.1, 0.15) is 50.7 Å². The molecule has 1 aromatic carbocycles. The lowest BCUT2D eigenvalue weighted by molar-refractivity contribution is -0.146. The number of hydrogen-bond donors (Lipinski definition) is 1. The largest absolute Gasteiger partial charge is 0.490 e. The second-order valence-electron chi connectivity index (χ2n) is 6.44. The average Bonchev–Trinajstić information content (AvgIpc) is 2.86. The van der Waals surface area contributed by atoms with Gasteiger partial charge in [0.05, 0.1) is 11.5 Å². The van der Waals surface area contributed by atoms with Crippen molar-refractivity contribution in [1.29, 1.82) is 0 Å². The summed E-state index contributed by atoms with van der Waals surface area (Å²) >= 11 is 0. The molecule has 1 aliphatic carbocycles. The van der Waals surface area contributed by atoms with E-state index in [1.54, 1.807) is 13.8 Å². The highest BCUT2D eigenvalue weighted by Gasteiger charge is 2.30. The lowest BCUT2D eigenvalue weighted by Gasteiger charge is -2.24. The van der Waals surface area contributed by atoms with Gasteiger partial charge in [-0.05, 0) is 70.1 Å². The van der Waals surface area contributed by atoms with E-state index in [0.29, 0.717) is 12.5 Å². The average molecular weight is 276 g/mol. The predicted molar refractivity (Wildman–Crippen MR) is 79.2 cm³/mol. The zero-order valence-electron chi connectivity index (χ0n) is 12.6. The minimum absolute atomic E-state index is 0.295. The van der Waals surface area contributed by atoms with Crippen LogP contribution >= 0.6 is 0 Å². The Hall–Kier alpha value is -1.51. The maximum atomic E-state index is 11.4. The van der Waals surface area contributed by atoms with Crippen molar-refractivity contribution in [3.05, 3.63) is 29.3 Å². The number of rotatable bonds is 5. The Labute approximate surface area is 121 Å². The van der Waals surface area contributed by atoms with E-state index in [1.807, 2.05) is 25.1 Å². The molecule has 3 nitrogen and oxygen atoms in total. The van der Waals surface area contributed by atoms with Gasteiger partial charge >= 0.3 is 5.97 Å². The van der Waals surface area contributed by atoms with Crippen LogP contribution in [0.25, 0.3) is 0 Å². The van der Waals surface area contributed by atoms with Crippen molar-refractivity contribution in [2.75, 3.05) is 0 Å². The van der Waals surface area contributed by atoms with E-state index in [0.717, 1.165) is 29.7 Å². The second kappa shape index (κ2) is 5.86. The molecule has 110 valence electrons. The number of carbonyl (C=O) groups is 1. The van der Waals surface area contributed by atoms with Gasteiger partial charge in [0.1, 0.15) is 5.75 Å². The van der Waals surface area contributed by atoms with Gasteiger partial charge in [-0.2, -0.15) is 0 Å². The number of aryl methyl sites for hydroxylation is 1. The van der Waals surface area contributed by atoms with Gasteiger partial charge in [0.15, 0.2) is 0 Å². The number of hydrogen-bond acceptors (Lipinski definition) is 2. The van der Waals surface area contributed by atoms with Gasteiger partial charge in [0.2, 0.25) is 0 Å². The molecular weight excluding hydrogens is 252 g/mol. The minimum atomic E-state index is -0.778. The Morgan fingerprint density at radius 3 is 2.60 bits per heavy atom. The molecular formula is C17H24O3. The molecule has 2 rings (SSSR count). The van der Waals surface area contributed by atoms with E-state index in [4.69, 9.17) is 4.74 Å². The molecule has 1 aromatic rings. The maximum Gasteiger partial charge on any atom is 0.309 e. The molecule has 0 spiro atoms. The highest BCUT2D eigenvalue weighted by molar-refractivity contribution is 5.74. The van der Waals surface area contributed by atoms with E-state index < -0.39 is 11.4 Å². The van der Waals surface area contributed by atoms with Crippen LogP contribution in [-0.2, 0) is 11.2 Å². The van der Waals surface area contributed by atoms with Crippen LogP contribution in [0.5, 0.6) is 5.75 Å². The molecule has 1 fully saturated rings. The van der Waals surface area contributed by atoms with Gasteiger partial charge in [0.25, 0.3) is 0 Å². The maximum absolute atomic E-state index is 11.4. The van der Waals surface area contributed by atoms with E-state index in [2.05, 4.69) is 0 Å². The summed E-state index contributed by atoms with van der Waals surface area (Å²) in [6.07, 6.45) is 5.46. The molecule has 20 heavy (non-hydrogen) atoms. The third kappa shape index (κ3) is 3.33. The molecule has 1 saturated carbocycles. The van der Waals surface area contributed by atoms with Crippen molar-refractivity contribution in [2.24, 2.45) is 5.41 Å². The molecule has 0 atom stereocenters. The Kier molecular flexibility index (Phi) is 4.36. The van der Waals surface area contributed by atoms with Gasteiger partial charge in [-0.25, -0.2) is 0 Å². The summed E-state index contributed by atoms with van der Waals surface area (Å²) < 4.78 is 6.12. The van der Waals surface area contributed by atoms with Gasteiger partial charge < -0.3 is 9.84 Å². The van der Waals surface area contributed by atoms with Crippen LogP contribution < -0.4 is 4.74 Å². The summed E-state index contributed by atoms with van der Waals surface area (Å²) in [7, 11) is 0. The number of ether oxygens (including phenoxy) is 1. The van der Waals surface area contributed by atoms with Crippen molar-refractivity contribution >= 4 is 5.97 Å². The topological polar surface area (TPSA) is 46.5 Å². The third-order valence-corrected chi connectivity index (χ3v) is 4.16. The van der Waals surface area contributed by atoms with Crippen LogP contribution in [0.2, 0.25) is 0 Å². The molecule has 0 amide bonds. The van der Waals surface area contributed by atoms with Crippen molar-refractivity contribution in [3.63, 3.8) is 0 Å². The SMILES string of the molecule is Cc1cccc(OC2CCCC2)c1CC(C)(C)C(=O)O. The quantitative estimate of drug-likeness (QED) is 0.885. The van der Waals surface area contributed by atoms with Gasteiger partial charge in [-0.1, -0.05) is 12.1 Å². The highest BCUT2D eigenvalue weighted by atomic mass is 16.5. The molecule has 0 bridgehead atoms. The van der Waals surface area contributed by atoms with Crippen LogP contribution in [0, 0.1) is 12.3 Å². The number of aliphatic carboxylic acids is 1. The number of benzene rings is 1. The summed E-state index contributed by atoms with van der Waals surface area (Å²) in [6.45, 7) is 5.55. The first-order chi connectivity index (χ1) is 9.40.